The van der Waals surface area contributed by atoms with E-state index in [0.717, 1.165) is 49.2 Å². The molecular formula is C25H29N3O3. The highest BCUT2D eigenvalue weighted by Crippen LogP contribution is 2.48. The average molecular weight is 420 g/mol. The van der Waals surface area contributed by atoms with E-state index in [9.17, 15) is 9.59 Å². The summed E-state index contributed by atoms with van der Waals surface area (Å²) in [7, 11) is 0. The Hall–Kier alpha value is -3.02. The molecule has 0 saturated heterocycles. The molecule has 6 nitrogen and oxygen atoms in total. The first-order chi connectivity index (χ1) is 14.9. The van der Waals surface area contributed by atoms with Crippen LogP contribution in [0.3, 0.4) is 0 Å². The maximum absolute atomic E-state index is 13.7. The van der Waals surface area contributed by atoms with Crippen LogP contribution in [0.2, 0.25) is 0 Å². The minimum atomic E-state index is -0.605. The Morgan fingerprint density at radius 3 is 2.65 bits per heavy atom. The van der Waals surface area contributed by atoms with Crippen molar-refractivity contribution in [1.82, 2.24) is 5.32 Å². The molecule has 162 valence electrons. The van der Waals surface area contributed by atoms with Gasteiger partial charge in [0.15, 0.2) is 5.78 Å². The molecule has 0 radical (unpaired) electrons. The summed E-state index contributed by atoms with van der Waals surface area (Å²) < 4.78 is 5.81. The van der Waals surface area contributed by atoms with E-state index in [1.165, 1.54) is 0 Å². The number of nitrogens with zero attached hydrogens (tertiary/aromatic N) is 1. The van der Waals surface area contributed by atoms with Crippen molar-refractivity contribution in [3.63, 3.8) is 0 Å². The maximum atomic E-state index is 13.7. The van der Waals surface area contributed by atoms with Gasteiger partial charge < -0.3 is 15.1 Å². The number of furan rings is 1. The summed E-state index contributed by atoms with van der Waals surface area (Å²) >= 11 is 0. The van der Waals surface area contributed by atoms with Crippen molar-refractivity contribution in [3.8, 4) is 0 Å². The van der Waals surface area contributed by atoms with Gasteiger partial charge in [-0.05, 0) is 48.9 Å². The predicted octanol–water partition coefficient (Wildman–Crippen LogP) is 5.55. The number of amides is 2. The van der Waals surface area contributed by atoms with E-state index in [-0.39, 0.29) is 23.3 Å². The van der Waals surface area contributed by atoms with E-state index < -0.39 is 6.04 Å². The third-order valence-corrected chi connectivity index (χ3v) is 6.61. The number of para-hydroxylation sites is 2. The first-order valence-electron chi connectivity index (χ1n) is 11.2. The Morgan fingerprint density at radius 2 is 1.90 bits per heavy atom. The van der Waals surface area contributed by atoms with Gasteiger partial charge in [0.1, 0.15) is 11.8 Å². The molecule has 1 atom stereocenters. The lowest BCUT2D eigenvalue weighted by atomic mass is 9.74. The first kappa shape index (κ1) is 19.9. The zero-order valence-electron chi connectivity index (χ0n) is 18.1. The Morgan fingerprint density at radius 1 is 1.13 bits per heavy atom. The molecule has 0 spiro atoms. The van der Waals surface area contributed by atoms with Crippen LogP contribution in [-0.2, 0) is 4.79 Å². The largest absolute Gasteiger partial charge is 0.467 e. The number of rotatable bonds is 2. The number of carbonyl (C=O) groups is 2. The van der Waals surface area contributed by atoms with E-state index in [4.69, 9.17) is 4.42 Å². The van der Waals surface area contributed by atoms with Gasteiger partial charge in [0.25, 0.3) is 0 Å². The fourth-order valence-corrected chi connectivity index (χ4v) is 5.24. The van der Waals surface area contributed by atoms with Crippen LogP contribution >= 0.6 is 0 Å². The van der Waals surface area contributed by atoms with Crippen molar-refractivity contribution in [1.29, 1.82) is 0 Å². The van der Waals surface area contributed by atoms with E-state index >= 15 is 0 Å². The molecule has 6 heteroatoms. The quantitative estimate of drug-likeness (QED) is 0.669. The zero-order valence-corrected chi connectivity index (χ0v) is 18.1. The summed E-state index contributed by atoms with van der Waals surface area (Å²) in [5, 5.41) is 6.73. The third-order valence-electron chi connectivity index (χ3n) is 6.61. The van der Waals surface area contributed by atoms with Gasteiger partial charge in [-0.15, -0.1) is 0 Å². The highest BCUT2D eigenvalue weighted by molar-refractivity contribution is 6.05. The van der Waals surface area contributed by atoms with Gasteiger partial charge in [0, 0.05) is 23.7 Å². The van der Waals surface area contributed by atoms with Crippen molar-refractivity contribution in [2.45, 2.75) is 64.5 Å². The van der Waals surface area contributed by atoms with Crippen molar-refractivity contribution in [2.24, 2.45) is 5.41 Å². The van der Waals surface area contributed by atoms with Gasteiger partial charge >= 0.3 is 6.03 Å². The van der Waals surface area contributed by atoms with Crippen molar-refractivity contribution in [2.75, 3.05) is 10.2 Å². The number of hydrogen-bond acceptors (Lipinski definition) is 4. The second kappa shape index (κ2) is 7.59. The highest BCUT2D eigenvalue weighted by Gasteiger charge is 2.44. The van der Waals surface area contributed by atoms with Crippen LogP contribution in [0.25, 0.3) is 0 Å². The fourth-order valence-electron chi connectivity index (χ4n) is 5.24. The van der Waals surface area contributed by atoms with Gasteiger partial charge in [-0.1, -0.05) is 38.8 Å². The van der Waals surface area contributed by atoms with Crippen LogP contribution in [0.1, 0.15) is 64.2 Å². The second-order valence-electron chi connectivity index (χ2n) is 9.69. The molecule has 2 N–H and O–H groups in total. The standard InChI is InChI=1S/C25H29N3O3/c1-25(2)14-18-22(20(29)15-25)23(21-12-7-13-31-21)28(19-11-6-5-10-17(19)27-18)24(30)26-16-8-3-4-9-16/h5-7,10-13,16,23,27H,3-4,8-9,14-15H2,1-2H3,(H,26,30). The minimum absolute atomic E-state index is 0.0617. The first-order valence-corrected chi connectivity index (χ1v) is 11.2. The molecule has 2 aliphatic carbocycles. The number of anilines is 2. The summed E-state index contributed by atoms with van der Waals surface area (Å²) in [5.74, 6) is 0.659. The van der Waals surface area contributed by atoms with Crippen LogP contribution in [0.5, 0.6) is 0 Å². The van der Waals surface area contributed by atoms with Crippen LogP contribution < -0.4 is 15.5 Å². The number of ketones is 1. The fraction of sp³-hybridized carbons (Fsp3) is 0.440. The number of nitrogens with one attached hydrogen (secondary N) is 2. The molecule has 1 fully saturated rings. The summed E-state index contributed by atoms with van der Waals surface area (Å²) in [6.45, 7) is 4.22. The van der Waals surface area contributed by atoms with Gasteiger partial charge in [-0.25, -0.2) is 4.79 Å². The molecule has 1 aromatic heterocycles. The molecule has 1 aromatic carbocycles. The zero-order chi connectivity index (χ0) is 21.6. The lowest BCUT2D eigenvalue weighted by molar-refractivity contribution is -0.118. The van der Waals surface area contributed by atoms with Crippen molar-refractivity contribution in [3.05, 3.63) is 59.7 Å². The number of hydrogen-bond donors (Lipinski definition) is 2. The Bertz CT molecular complexity index is 1030. The summed E-state index contributed by atoms with van der Waals surface area (Å²) in [5.41, 5.74) is 2.95. The van der Waals surface area contributed by atoms with Crippen molar-refractivity contribution < 1.29 is 14.0 Å². The molecule has 0 bridgehead atoms. The van der Waals surface area contributed by atoms with Crippen LogP contribution in [0, 0.1) is 5.41 Å². The lowest BCUT2D eigenvalue weighted by Gasteiger charge is -2.36. The van der Waals surface area contributed by atoms with E-state index in [0.29, 0.717) is 17.8 Å². The lowest BCUT2D eigenvalue weighted by Crippen LogP contribution is -2.47. The van der Waals surface area contributed by atoms with E-state index in [2.05, 4.69) is 24.5 Å². The Balaban J connectivity index is 1.67. The highest BCUT2D eigenvalue weighted by atomic mass is 16.3. The van der Waals surface area contributed by atoms with Crippen LogP contribution in [0.4, 0.5) is 16.2 Å². The Labute approximate surface area is 182 Å². The third kappa shape index (κ3) is 3.64. The van der Waals surface area contributed by atoms with Gasteiger partial charge in [0.05, 0.1) is 17.6 Å². The number of urea groups is 1. The summed E-state index contributed by atoms with van der Waals surface area (Å²) in [4.78, 5) is 28.9. The molecule has 5 rings (SSSR count). The van der Waals surface area contributed by atoms with Gasteiger partial charge in [-0.2, -0.15) is 0 Å². The second-order valence-corrected chi connectivity index (χ2v) is 9.69. The van der Waals surface area contributed by atoms with Crippen LogP contribution in [-0.4, -0.2) is 17.9 Å². The monoisotopic (exact) mass is 419 g/mol. The molecule has 3 aliphatic rings. The minimum Gasteiger partial charge on any atom is -0.467 e. The maximum Gasteiger partial charge on any atom is 0.323 e. The Kier molecular flexibility index (Phi) is 4.88. The molecule has 1 aliphatic heterocycles. The predicted molar refractivity (Wildman–Crippen MR) is 120 cm³/mol. The van der Waals surface area contributed by atoms with E-state index in [1.807, 2.05) is 36.4 Å². The number of fused-ring (bicyclic) bond motifs is 1. The molecule has 2 amide bonds. The number of Topliss-reactive ketones (excluding diaryl/α,β-unsaturated/α-hetero) is 1. The SMILES string of the molecule is CC1(C)CC(=O)C2=C(C1)Nc1ccccc1N(C(=O)NC1CCCC1)C2c1ccco1. The van der Waals surface area contributed by atoms with Gasteiger partial charge in [0.2, 0.25) is 0 Å². The summed E-state index contributed by atoms with van der Waals surface area (Å²) in [6, 6.07) is 10.8. The topological polar surface area (TPSA) is 74.6 Å². The summed E-state index contributed by atoms with van der Waals surface area (Å²) in [6.07, 6.45) is 7.03. The molecule has 1 saturated carbocycles. The molecule has 2 heterocycles. The number of carbonyl (C=O) groups excluding carboxylic acids is 2. The van der Waals surface area contributed by atoms with E-state index in [1.54, 1.807) is 11.2 Å². The molecule has 31 heavy (non-hydrogen) atoms. The normalized spacial score (nSPS) is 23.1. The van der Waals surface area contributed by atoms with Crippen LogP contribution in [0.15, 0.2) is 58.3 Å². The van der Waals surface area contributed by atoms with Gasteiger partial charge in [-0.3, -0.25) is 9.69 Å². The smallest absolute Gasteiger partial charge is 0.323 e. The number of allylic oxidation sites excluding steroid dienone is 1. The number of benzene rings is 1. The van der Waals surface area contributed by atoms with Crippen molar-refractivity contribution >= 4 is 23.2 Å². The molecule has 1 unspecified atom stereocenters. The molecular weight excluding hydrogens is 390 g/mol. The molecule has 2 aromatic rings. The average Bonchev–Trinajstić information content (AvgIpc) is 3.39.